The number of hydrogen-bond acceptors (Lipinski definition) is 0. The molecule has 2 fully saturated rings. The van der Waals surface area contributed by atoms with Crippen molar-refractivity contribution >= 4 is 0 Å². The van der Waals surface area contributed by atoms with Crippen molar-refractivity contribution in [2.45, 2.75) is 45.4 Å². The molecule has 80 valence electrons. The van der Waals surface area contributed by atoms with Crippen molar-refractivity contribution in [3.63, 3.8) is 0 Å². The molecule has 0 amide bonds. The SMILES string of the molecule is Cc1ccc([C@@]2(C)CC[C@@H]3C[C@@]32C)cc1. The van der Waals surface area contributed by atoms with Gasteiger partial charge in [-0.25, -0.2) is 0 Å². The Morgan fingerprint density at radius 1 is 1.13 bits per heavy atom. The van der Waals surface area contributed by atoms with Gasteiger partial charge in [-0.3, -0.25) is 0 Å². The maximum absolute atomic E-state index is 2.49. The summed E-state index contributed by atoms with van der Waals surface area (Å²) in [7, 11) is 0. The van der Waals surface area contributed by atoms with Crippen LogP contribution >= 0.6 is 0 Å². The molecule has 0 unspecified atom stereocenters. The minimum atomic E-state index is 0.450. The summed E-state index contributed by atoms with van der Waals surface area (Å²) in [6, 6.07) is 9.22. The van der Waals surface area contributed by atoms with Crippen LogP contribution in [0.3, 0.4) is 0 Å². The van der Waals surface area contributed by atoms with Crippen molar-refractivity contribution in [3.8, 4) is 0 Å². The zero-order valence-electron chi connectivity index (χ0n) is 10.0. The third-order valence-corrected chi connectivity index (χ3v) is 5.35. The lowest BCUT2D eigenvalue weighted by Gasteiger charge is -2.33. The molecule has 0 spiro atoms. The van der Waals surface area contributed by atoms with Crippen molar-refractivity contribution < 1.29 is 0 Å². The molecule has 2 saturated carbocycles. The molecule has 3 atom stereocenters. The summed E-state index contributed by atoms with van der Waals surface area (Å²) in [6.45, 7) is 7.14. The highest BCUT2D eigenvalue weighted by atomic mass is 14.7. The van der Waals surface area contributed by atoms with E-state index < -0.39 is 0 Å². The van der Waals surface area contributed by atoms with E-state index >= 15 is 0 Å². The van der Waals surface area contributed by atoms with Crippen LogP contribution in [-0.2, 0) is 5.41 Å². The number of hydrogen-bond donors (Lipinski definition) is 0. The molecule has 1 aromatic carbocycles. The van der Waals surface area contributed by atoms with E-state index in [0.29, 0.717) is 10.8 Å². The van der Waals surface area contributed by atoms with Crippen molar-refractivity contribution in [1.82, 2.24) is 0 Å². The Hall–Kier alpha value is -0.780. The van der Waals surface area contributed by atoms with Gasteiger partial charge in [0, 0.05) is 0 Å². The Bertz CT molecular complexity index is 387. The molecule has 0 saturated heterocycles. The van der Waals surface area contributed by atoms with Crippen LogP contribution in [0.2, 0.25) is 0 Å². The van der Waals surface area contributed by atoms with Gasteiger partial charge in [0.25, 0.3) is 0 Å². The highest BCUT2D eigenvalue weighted by molar-refractivity contribution is 5.36. The molecular weight excluding hydrogens is 180 g/mol. The molecule has 3 rings (SSSR count). The molecule has 0 bridgehead atoms. The maximum Gasteiger partial charge on any atom is -0.00187 e. The average molecular weight is 200 g/mol. The van der Waals surface area contributed by atoms with E-state index in [0.717, 1.165) is 5.92 Å². The van der Waals surface area contributed by atoms with Gasteiger partial charge in [0.2, 0.25) is 0 Å². The molecule has 1 aromatic rings. The fourth-order valence-corrected chi connectivity index (χ4v) is 3.69. The molecule has 0 aromatic heterocycles. The van der Waals surface area contributed by atoms with Crippen molar-refractivity contribution in [2.75, 3.05) is 0 Å². The molecule has 2 aliphatic rings. The Morgan fingerprint density at radius 2 is 1.80 bits per heavy atom. The lowest BCUT2D eigenvalue weighted by atomic mass is 9.70. The number of aryl methyl sites for hydroxylation is 1. The molecule has 0 aliphatic heterocycles. The van der Waals surface area contributed by atoms with Crippen LogP contribution in [0.25, 0.3) is 0 Å². The molecular formula is C15H20. The van der Waals surface area contributed by atoms with E-state index in [9.17, 15) is 0 Å². The predicted octanol–water partition coefficient (Wildman–Crippen LogP) is 4.07. The van der Waals surface area contributed by atoms with Gasteiger partial charge in [0.1, 0.15) is 0 Å². The van der Waals surface area contributed by atoms with E-state index in [1.54, 1.807) is 5.56 Å². The monoisotopic (exact) mass is 200 g/mol. The summed E-state index contributed by atoms with van der Waals surface area (Å²) in [6.07, 6.45) is 4.29. The van der Waals surface area contributed by atoms with E-state index in [1.807, 2.05) is 0 Å². The second kappa shape index (κ2) is 2.66. The smallest absolute Gasteiger partial charge is 0.00187 e. The molecule has 2 aliphatic carbocycles. The largest absolute Gasteiger partial charge is 0.0590 e. The standard InChI is InChI=1S/C15H20/c1-11-4-6-12(7-5-11)14(2)9-8-13-10-15(13,14)3/h4-7,13H,8-10H2,1-3H3/t13-,14-,15+/m1/s1. The molecule has 0 N–H and O–H groups in total. The van der Waals surface area contributed by atoms with Gasteiger partial charge in [-0.15, -0.1) is 0 Å². The first-order valence-electron chi connectivity index (χ1n) is 6.13. The molecule has 0 nitrogen and oxygen atoms in total. The summed E-state index contributed by atoms with van der Waals surface area (Å²) < 4.78 is 0. The third-order valence-electron chi connectivity index (χ3n) is 5.35. The summed E-state index contributed by atoms with van der Waals surface area (Å²) in [4.78, 5) is 0. The second-order valence-corrected chi connectivity index (χ2v) is 6.06. The molecule has 0 heteroatoms. The highest BCUT2D eigenvalue weighted by Gasteiger charge is 2.65. The van der Waals surface area contributed by atoms with Crippen LogP contribution in [0.5, 0.6) is 0 Å². The van der Waals surface area contributed by atoms with Gasteiger partial charge in [-0.1, -0.05) is 43.7 Å². The first-order valence-corrected chi connectivity index (χ1v) is 6.13. The number of benzene rings is 1. The Kier molecular flexibility index (Phi) is 1.68. The molecule has 0 heterocycles. The zero-order chi connectivity index (χ0) is 10.7. The van der Waals surface area contributed by atoms with Crippen molar-refractivity contribution in [2.24, 2.45) is 11.3 Å². The van der Waals surface area contributed by atoms with Gasteiger partial charge in [-0.2, -0.15) is 0 Å². The Labute approximate surface area is 92.7 Å². The third kappa shape index (κ3) is 1.08. The zero-order valence-corrected chi connectivity index (χ0v) is 10.0. The van der Waals surface area contributed by atoms with Crippen LogP contribution in [-0.4, -0.2) is 0 Å². The summed E-state index contributed by atoms with van der Waals surface area (Å²) >= 11 is 0. The van der Waals surface area contributed by atoms with Gasteiger partial charge in [0.05, 0.1) is 0 Å². The molecule has 0 radical (unpaired) electrons. The fourth-order valence-electron chi connectivity index (χ4n) is 3.69. The van der Waals surface area contributed by atoms with Crippen molar-refractivity contribution in [1.29, 1.82) is 0 Å². The van der Waals surface area contributed by atoms with Crippen LogP contribution < -0.4 is 0 Å². The predicted molar refractivity (Wildman–Crippen MR) is 64.0 cm³/mol. The van der Waals surface area contributed by atoms with Crippen molar-refractivity contribution in [3.05, 3.63) is 35.4 Å². The topological polar surface area (TPSA) is 0 Å². The summed E-state index contributed by atoms with van der Waals surface area (Å²) in [5.74, 6) is 1.02. The minimum absolute atomic E-state index is 0.450. The second-order valence-electron chi connectivity index (χ2n) is 6.06. The van der Waals surface area contributed by atoms with Crippen LogP contribution in [0.15, 0.2) is 24.3 Å². The van der Waals surface area contributed by atoms with Crippen LogP contribution in [0.4, 0.5) is 0 Å². The fraction of sp³-hybridized carbons (Fsp3) is 0.600. The van der Waals surface area contributed by atoms with Gasteiger partial charge in [-0.05, 0) is 48.5 Å². The lowest BCUT2D eigenvalue weighted by Crippen LogP contribution is -2.28. The Balaban J connectivity index is 2.03. The van der Waals surface area contributed by atoms with Gasteiger partial charge >= 0.3 is 0 Å². The first-order chi connectivity index (χ1) is 7.06. The van der Waals surface area contributed by atoms with E-state index in [4.69, 9.17) is 0 Å². The average Bonchev–Trinajstić information content (AvgIpc) is 2.82. The summed E-state index contributed by atoms with van der Waals surface area (Å²) in [5.41, 5.74) is 4.00. The quantitative estimate of drug-likeness (QED) is 0.641. The molecule has 15 heavy (non-hydrogen) atoms. The number of fused-ring (bicyclic) bond motifs is 1. The van der Waals surface area contributed by atoms with Crippen LogP contribution in [0, 0.1) is 18.3 Å². The van der Waals surface area contributed by atoms with Gasteiger partial charge < -0.3 is 0 Å². The Morgan fingerprint density at radius 3 is 2.27 bits per heavy atom. The van der Waals surface area contributed by atoms with E-state index in [2.05, 4.69) is 45.0 Å². The number of rotatable bonds is 1. The normalized spacial score (nSPS) is 42.7. The highest BCUT2D eigenvalue weighted by Crippen LogP contribution is 2.72. The lowest BCUT2D eigenvalue weighted by molar-refractivity contribution is 0.311. The minimum Gasteiger partial charge on any atom is -0.0590 e. The maximum atomic E-state index is 2.49. The van der Waals surface area contributed by atoms with Crippen LogP contribution in [0.1, 0.15) is 44.2 Å². The summed E-state index contributed by atoms with van der Waals surface area (Å²) in [5, 5.41) is 0. The van der Waals surface area contributed by atoms with E-state index in [-0.39, 0.29) is 0 Å². The van der Waals surface area contributed by atoms with Gasteiger partial charge in [0.15, 0.2) is 0 Å². The first kappa shape index (κ1) is 9.45. The van der Waals surface area contributed by atoms with E-state index in [1.165, 1.54) is 24.8 Å².